The molecule has 4 nitrogen and oxygen atoms in total. The summed E-state index contributed by atoms with van der Waals surface area (Å²) in [4.78, 5) is 0.226. The van der Waals surface area contributed by atoms with Crippen LogP contribution in [-0.4, -0.2) is 15.5 Å². The van der Waals surface area contributed by atoms with E-state index in [4.69, 9.17) is 5.26 Å². The molecule has 0 unspecified atom stereocenters. The van der Waals surface area contributed by atoms with Gasteiger partial charge in [-0.3, -0.25) is 4.18 Å². The third kappa shape index (κ3) is 1.69. The highest BCUT2D eigenvalue weighted by Gasteiger charge is 2.69. The van der Waals surface area contributed by atoms with Crippen LogP contribution in [0.1, 0.15) is 24.8 Å². The fourth-order valence-electron chi connectivity index (χ4n) is 3.42. The molecule has 0 radical (unpaired) electrons. The maximum atomic E-state index is 12.0. The van der Waals surface area contributed by atoms with Crippen molar-refractivity contribution in [2.45, 2.75) is 29.6 Å². The van der Waals surface area contributed by atoms with Crippen LogP contribution in [0, 0.1) is 16.7 Å². The first-order chi connectivity index (χ1) is 8.86. The van der Waals surface area contributed by atoms with Crippen LogP contribution in [0.2, 0.25) is 0 Å². The first-order valence-electron chi connectivity index (χ1n) is 5.88. The van der Waals surface area contributed by atoms with E-state index >= 15 is 0 Å². The van der Waals surface area contributed by atoms with E-state index in [0.29, 0.717) is 0 Å². The molecule has 100 valence electrons. The second-order valence-corrected chi connectivity index (χ2v) is 8.06. The average Bonchev–Trinajstić information content (AvgIpc) is 2.26. The van der Waals surface area contributed by atoms with Gasteiger partial charge in [0.15, 0.2) is 0 Å². The van der Waals surface area contributed by atoms with Crippen LogP contribution in [0.5, 0.6) is 0 Å². The van der Waals surface area contributed by atoms with E-state index in [9.17, 15) is 8.42 Å². The molecule has 1 aromatic rings. The second kappa shape index (κ2) is 3.81. The minimum atomic E-state index is -3.71. The number of benzene rings is 1. The van der Waals surface area contributed by atoms with Gasteiger partial charge in [-0.15, -0.1) is 0 Å². The molecule has 4 rings (SSSR count). The number of rotatable bonds is 3. The quantitative estimate of drug-likeness (QED) is 0.792. The van der Waals surface area contributed by atoms with Gasteiger partial charge in [-0.25, -0.2) is 0 Å². The summed E-state index contributed by atoms with van der Waals surface area (Å²) in [6.07, 6.45) is 2.25. The highest BCUT2D eigenvalue weighted by atomic mass is 79.9. The van der Waals surface area contributed by atoms with Crippen LogP contribution >= 0.6 is 15.9 Å². The van der Waals surface area contributed by atoms with Crippen molar-refractivity contribution in [1.29, 1.82) is 5.26 Å². The molecule has 2 bridgehead atoms. The number of hydrogen-bond acceptors (Lipinski definition) is 4. The lowest BCUT2D eigenvalue weighted by Crippen LogP contribution is -2.64. The number of halogens is 1. The van der Waals surface area contributed by atoms with E-state index in [0.717, 1.165) is 29.3 Å². The molecular weight excluding hydrogens is 330 g/mol. The summed E-state index contributed by atoms with van der Waals surface area (Å²) in [5.74, 6) is 0. The van der Waals surface area contributed by atoms with Crippen LogP contribution in [-0.2, 0) is 19.7 Å². The lowest BCUT2D eigenvalue weighted by Gasteiger charge is -2.67. The topological polar surface area (TPSA) is 67.2 Å². The molecule has 3 aliphatic rings. The standard InChI is InChI=1S/C13H12BrNO3S/c1-18-19(16,17)11-3-2-9(14)4-10(11)13-5-12(6-13,7-13)8-15/h2-4H,5-7H2,1H3. The van der Waals surface area contributed by atoms with Crippen molar-refractivity contribution in [3.8, 4) is 6.07 Å². The van der Waals surface area contributed by atoms with Crippen molar-refractivity contribution in [1.82, 2.24) is 0 Å². The van der Waals surface area contributed by atoms with E-state index in [1.54, 1.807) is 12.1 Å². The zero-order valence-electron chi connectivity index (χ0n) is 10.3. The van der Waals surface area contributed by atoms with Gasteiger partial charge in [0, 0.05) is 9.89 Å². The number of hydrogen-bond donors (Lipinski definition) is 0. The van der Waals surface area contributed by atoms with E-state index in [-0.39, 0.29) is 15.7 Å². The Morgan fingerprint density at radius 2 is 2.00 bits per heavy atom. The van der Waals surface area contributed by atoms with Gasteiger partial charge in [0.05, 0.1) is 23.5 Å². The van der Waals surface area contributed by atoms with Crippen LogP contribution in [0.25, 0.3) is 0 Å². The Labute approximate surface area is 120 Å². The summed E-state index contributed by atoms with van der Waals surface area (Å²) in [6, 6.07) is 7.43. The van der Waals surface area contributed by atoms with Gasteiger partial charge >= 0.3 is 0 Å². The van der Waals surface area contributed by atoms with Crippen molar-refractivity contribution in [2.24, 2.45) is 5.41 Å². The summed E-state index contributed by atoms with van der Waals surface area (Å²) in [7, 11) is -2.54. The van der Waals surface area contributed by atoms with E-state index in [1.807, 2.05) is 6.07 Å². The molecule has 3 fully saturated rings. The summed E-state index contributed by atoms with van der Waals surface area (Å²) >= 11 is 3.38. The molecule has 1 aromatic carbocycles. The second-order valence-electron chi connectivity index (χ2n) is 5.46. The van der Waals surface area contributed by atoms with Crippen molar-refractivity contribution >= 4 is 26.0 Å². The van der Waals surface area contributed by atoms with Gasteiger partial charge in [-0.05, 0) is 43.0 Å². The van der Waals surface area contributed by atoms with E-state index in [1.165, 1.54) is 7.11 Å². The fourth-order valence-corrected chi connectivity index (χ4v) is 4.74. The molecule has 3 saturated carbocycles. The van der Waals surface area contributed by atoms with Crippen molar-refractivity contribution in [3.63, 3.8) is 0 Å². The van der Waals surface area contributed by atoms with Gasteiger partial charge in [0.1, 0.15) is 0 Å². The molecular formula is C13H12BrNO3S. The average molecular weight is 342 g/mol. The Morgan fingerprint density at radius 1 is 1.37 bits per heavy atom. The van der Waals surface area contributed by atoms with Crippen molar-refractivity contribution in [3.05, 3.63) is 28.2 Å². The van der Waals surface area contributed by atoms with Crippen LogP contribution < -0.4 is 0 Å². The zero-order chi connectivity index (χ0) is 13.9. The highest BCUT2D eigenvalue weighted by Crippen LogP contribution is 2.73. The Hall–Kier alpha value is -0.900. The maximum absolute atomic E-state index is 12.0. The predicted molar refractivity (Wildman–Crippen MR) is 71.9 cm³/mol. The van der Waals surface area contributed by atoms with Gasteiger partial charge in [-0.1, -0.05) is 15.9 Å². The van der Waals surface area contributed by atoms with Crippen molar-refractivity contribution in [2.75, 3.05) is 7.11 Å². The first kappa shape index (κ1) is 13.1. The monoisotopic (exact) mass is 341 g/mol. The van der Waals surface area contributed by atoms with Gasteiger partial charge in [0.2, 0.25) is 0 Å². The van der Waals surface area contributed by atoms with Crippen LogP contribution in [0.3, 0.4) is 0 Å². The number of nitriles is 1. The lowest BCUT2D eigenvalue weighted by molar-refractivity contribution is -0.0947. The molecule has 0 aromatic heterocycles. The lowest BCUT2D eigenvalue weighted by atomic mass is 9.34. The molecule has 0 amide bonds. The minimum Gasteiger partial charge on any atom is -0.270 e. The minimum absolute atomic E-state index is 0.152. The Kier molecular flexibility index (Phi) is 2.63. The number of nitrogens with zero attached hydrogens (tertiary/aromatic N) is 1. The molecule has 0 spiro atoms. The Bertz CT molecular complexity index is 685. The molecule has 6 heteroatoms. The van der Waals surface area contributed by atoms with E-state index in [2.05, 4.69) is 26.2 Å². The molecule has 0 aliphatic heterocycles. The third-order valence-corrected chi connectivity index (χ3v) is 6.10. The van der Waals surface area contributed by atoms with Gasteiger partial charge in [-0.2, -0.15) is 13.7 Å². The van der Waals surface area contributed by atoms with Gasteiger partial charge in [0.25, 0.3) is 10.1 Å². The summed E-state index contributed by atoms with van der Waals surface area (Å²) in [6.45, 7) is 0. The van der Waals surface area contributed by atoms with Gasteiger partial charge < -0.3 is 0 Å². The van der Waals surface area contributed by atoms with Crippen LogP contribution in [0.15, 0.2) is 27.6 Å². The Morgan fingerprint density at radius 3 is 2.53 bits per heavy atom. The van der Waals surface area contributed by atoms with Crippen LogP contribution in [0.4, 0.5) is 0 Å². The van der Waals surface area contributed by atoms with Crippen molar-refractivity contribution < 1.29 is 12.6 Å². The summed E-state index contributed by atoms with van der Waals surface area (Å²) in [5.41, 5.74) is 0.414. The molecule has 3 aliphatic carbocycles. The molecule has 0 heterocycles. The molecule has 19 heavy (non-hydrogen) atoms. The first-order valence-corrected chi connectivity index (χ1v) is 8.09. The predicted octanol–water partition coefficient (Wildman–Crippen LogP) is 2.73. The fraction of sp³-hybridized carbons (Fsp3) is 0.462. The zero-order valence-corrected chi connectivity index (χ0v) is 12.7. The molecule has 0 saturated heterocycles. The highest BCUT2D eigenvalue weighted by molar-refractivity contribution is 9.10. The smallest absolute Gasteiger partial charge is 0.270 e. The maximum Gasteiger partial charge on any atom is 0.297 e. The SMILES string of the molecule is COS(=O)(=O)c1ccc(Br)cc1C12CC(C#N)(C1)C2. The summed E-state index contributed by atoms with van der Waals surface area (Å²) < 4.78 is 29.4. The van der Waals surface area contributed by atoms with E-state index < -0.39 is 10.1 Å². The normalized spacial score (nSPS) is 32.1. The summed E-state index contributed by atoms with van der Waals surface area (Å²) in [5, 5.41) is 9.07. The third-order valence-electron chi connectivity index (χ3n) is 4.27. The molecule has 0 atom stereocenters. The molecule has 0 N–H and O–H groups in total. The largest absolute Gasteiger partial charge is 0.297 e. The Balaban J connectivity index is 2.09.